The number of esters is 1. The van der Waals surface area contributed by atoms with Gasteiger partial charge in [-0.25, -0.2) is 0 Å². The summed E-state index contributed by atoms with van der Waals surface area (Å²) in [4.78, 5) is 24.8. The predicted molar refractivity (Wildman–Crippen MR) is 97.3 cm³/mol. The number of hydrogen-bond donors (Lipinski definition) is 2. The largest absolute Gasteiger partial charge is 0.465 e. The van der Waals surface area contributed by atoms with E-state index >= 15 is 0 Å². The smallest absolute Gasteiger partial charge is 0.326 e. The van der Waals surface area contributed by atoms with E-state index in [1.165, 1.54) is 6.07 Å². The van der Waals surface area contributed by atoms with E-state index in [-0.39, 0.29) is 23.0 Å². The number of sulfonamides is 1. The van der Waals surface area contributed by atoms with Gasteiger partial charge in [0.25, 0.3) is 10.0 Å². The van der Waals surface area contributed by atoms with Crippen molar-refractivity contribution in [1.29, 1.82) is 0 Å². The molecule has 2 rings (SSSR count). The second-order valence-corrected chi connectivity index (χ2v) is 7.80. The molecule has 8 nitrogen and oxygen atoms in total. The topological polar surface area (TPSA) is 114 Å². The molecule has 0 saturated carbocycles. The standard InChI is InChI=1S/C17H23N3O5S/c1-4-25-17(22)14(16(21)18-10-9-11(2)3)15-19-12-7-5-6-8-13(12)26(23,24)20-15/h5-8,11,14H,4,9-10H2,1-3H3,(H,18,21)(H,19,20). The molecule has 1 aromatic rings. The number of ether oxygens (including phenoxy) is 1. The number of nitrogens with one attached hydrogen (secondary N) is 2. The van der Waals surface area contributed by atoms with Crippen molar-refractivity contribution in [3.05, 3.63) is 24.3 Å². The van der Waals surface area contributed by atoms with Crippen LogP contribution in [0.15, 0.2) is 33.6 Å². The summed E-state index contributed by atoms with van der Waals surface area (Å²) in [5.41, 5.74) is 0.266. The molecule has 0 spiro atoms. The summed E-state index contributed by atoms with van der Waals surface area (Å²) in [6.07, 6.45) is 0.725. The molecule has 26 heavy (non-hydrogen) atoms. The van der Waals surface area contributed by atoms with Crippen molar-refractivity contribution in [3.8, 4) is 0 Å². The van der Waals surface area contributed by atoms with Crippen LogP contribution in [0, 0.1) is 11.8 Å². The Labute approximate surface area is 153 Å². The molecule has 1 aliphatic heterocycles. The number of nitrogens with zero attached hydrogens (tertiary/aromatic N) is 1. The highest BCUT2D eigenvalue weighted by Gasteiger charge is 2.38. The number of fused-ring (bicyclic) bond motifs is 1. The predicted octanol–water partition coefficient (Wildman–Crippen LogP) is 1.54. The molecule has 1 atom stereocenters. The highest BCUT2D eigenvalue weighted by molar-refractivity contribution is 7.90. The van der Waals surface area contributed by atoms with E-state index in [0.29, 0.717) is 12.5 Å². The third kappa shape index (κ3) is 4.60. The number of rotatable bonds is 7. The Bertz CT molecular complexity index is 817. The van der Waals surface area contributed by atoms with Crippen LogP contribution in [0.2, 0.25) is 0 Å². The summed E-state index contributed by atoms with van der Waals surface area (Å²) in [5.74, 6) is -2.87. The molecule has 1 unspecified atom stereocenters. The molecule has 1 aliphatic rings. The Kier molecular flexibility index (Phi) is 6.36. The van der Waals surface area contributed by atoms with E-state index in [9.17, 15) is 18.0 Å². The molecule has 0 saturated heterocycles. The van der Waals surface area contributed by atoms with Gasteiger partial charge in [-0.2, -0.15) is 8.42 Å². The van der Waals surface area contributed by atoms with Gasteiger partial charge in [0, 0.05) is 6.54 Å². The lowest BCUT2D eigenvalue weighted by atomic mass is 10.1. The number of para-hydroxylation sites is 1. The molecule has 0 bridgehead atoms. The van der Waals surface area contributed by atoms with Crippen LogP contribution in [0.4, 0.5) is 5.69 Å². The fourth-order valence-electron chi connectivity index (χ4n) is 2.41. The number of amidine groups is 1. The van der Waals surface area contributed by atoms with Crippen LogP contribution in [0.25, 0.3) is 0 Å². The molecule has 1 amide bonds. The van der Waals surface area contributed by atoms with Gasteiger partial charge in [-0.15, -0.1) is 4.40 Å². The van der Waals surface area contributed by atoms with Crippen LogP contribution in [0.5, 0.6) is 0 Å². The first-order chi connectivity index (χ1) is 12.3. The van der Waals surface area contributed by atoms with Crippen molar-refractivity contribution >= 4 is 33.4 Å². The summed E-state index contributed by atoms with van der Waals surface area (Å²) in [6, 6.07) is 6.16. The summed E-state index contributed by atoms with van der Waals surface area (Å²) >= 11 is 0. The Morgan fingerprint density at radius 2 is 1.96 bits per heavy atom. The zero-order chi connectivity index (χ0) is 19.3. The number of carbonyl (C=O) groups excluding carboxylic acids is 2. The van der Waals surface area contributed by atoms with Crippen LogP contribution in [-0.2, 0) is 24.3 Å². The zero-order valence-electron chi connectivity index (χ0n) is 15.0. The monoisotopic (exact) mass is 381 g/mol. The van der Waals surface area contributed by atoms with E-state index in [1.807, 2.05) is 13.8 Å². The highest BCUT2D eigenvalue weighted by Crippen LogP contribution is 2.28. The van der Waals surface area contributed by atoms with Crippen molar-refractivity contribution < 1.29 is 22.7 Å². The van der Waals surface area contributed by atoms with Gasteiger partial charge in [0.2, 0.25) is 5.91 Å². The summed E-state index contributed by atoms with van der Waals surface area (Å²) in [6.45, 7) is 6.04. The average Bonchev–Trinajstić information content (AvgIpc) is 2.54. The quantitative estimate of drug-likeness (QED) is 0.547. The van der Waals surface area contributed by atoms with Gasteiger partial charge in [0.05, 0.1) is 12.3 Å². The van der Waals surface area contributed by atoms with Gasteiger partial charge in [-0.3, -0.25) is 9.59 Å². The van der Waals surface area contributed by atoms with Crippen molar-refractivity contribution in [2.45, 2.75) is 32.1 Å². The molecule has 0 radical (unpaired) electrons. The average molecular weight is 381 g/mol. The lowest BCUT2D eigenvalue weighted by molar-refractivity contribution is -0.149. The number of hydrogen-bond acceptors (Lipinski definition) is 6. The third-order valence-corrected chi connectivity index (χ3v) is 5.07. The third-order valence-electron chi connectivity index (χ3n) is 3.73. The van der Waals surface area contributed by atoms with Crippen LogP contribution in [-0.4, -0.2) is 39.3 Å². The van der Waals surface area contributed by atoms with Gasteiger partial charge in [-0.05, 0) is 31.4 Å². The summed E-state index contributed by atoms with van der Waals surface area (Å²) in [7, 11) is -4.01. The summed E-state index contributed by atoms with van der Waals surface area (Å²) in [5, 5.41) is 5.43. The second kappa shape index (κ2) is 8.31. The lowest BCUT2D eigenvalue weighted by Crippen LogP contribution is -2.45. The normalized spacial score (nSPS) is 16.1. The molecule has 0 aromatic heterocycles. The number of amides is 1. The molecule has 142 valence electrons. The van der Waals surface area contributed by atoms with Gasteiger partial charge in [0.1, 0.15) is 10.7 Å². The highest BCUT2D eigenvalue weighted by atomic mass is 32.2. The minimum absolute atomic E-state index is 0.00780. The van der Waals surface area contributed by atoms with Crippen LogP contribution < -0.4 is 10.6 Å². The minimum atomic E-state index is -4.01. The zero-order valence-corrected chi connectivity index (χ0v) is 15.8. The summed E-state index contributed by atoms with van der Waals surface area (Å²) < 4.78 is 33.4. The molecule has 0 aliphatic carbocycles. The van der Waals surface area contributed by atoms with E-state index in [4.69, 9.17) is 4.74 Å². The van der Waals surface area contributed by atoms with Crippen LogP contribution in [0.3, 0.4) is 0 Å². The minimum Gasteiger partial charge on any atom is -0.465 e. The molecule has 2 N–H and O–H groups in total. The first-order valence-corrected chi connectivity index (χ1v) is 9.85. The lowest BCUT2D eigenvalue weighted by Gasteiger charge is -2.23. The SMILES string of the molecule is CCOC(=O)C(C(=O)NCCC(C)C)C1=NS(=O)(=O)c2ccccc2N1. The molecular weight excluding hydrogens is 358 g/mol. The van der Waals surface area contributed by atoms with E-state index in [1.54, 1.807) is 25.1 Å². The van der Waals surface area contributed by atoms with E-state index in [0.717, 1.165) is 6.42 Å². The molecule has 1 aromatic carbocycles. The molecule has 1 heterocycles. The Balaban J connectivity index is 2.33. The van der Waals surface area contributed by atoms with Crippen molar-refractivity contribution in [2.75, 3.05) is 18.5 Å². The Morgan fingerprint density at radius 1 is 1.27 bits per heavy atom. The molecular formula is C17H23N3O5S. The maximum absolute atomic E-state index is 12.5. The maximum Gasteiger partial charge on any atom is 0.326 e. The van der Waals surface area contributed by atoms with Gasteiger partial charge >= 0.3 is 5.97 Å². The fourth-order valence-corrected chi connectivity index (χ4v) is 3.57. The van der Waals surface area contributed by atoms with Crippen LogP contribution in [0.1, 0.15) is 27.2 Å². The van der Waals surface area contributed by atoms with E-state index in [2.05, 4.69) is 15.0 Å². The Morgan fingerprint density at radius 3 is 2.62 bits per heavy atom. The number of anilines is 1. The van der Waals surface area contributed by atoms with Gasteiger partial charge < -0.3 is 15.4 Å². The van der Waals surface area contributed by atoms with Crippen molar-refractivity contribution in [2.24, 2.45) is 16.2 Å². The molecule has 0 fully saturated rings. The first-order valence-electron chi connectivity index (χ1n) is 8.41. The second-order valence-electron chi connectivity index (χ2n) is 6.23. The number of carbonyl (C=O) groups is 2. The Hall–Kier alpha value is -2.42. The fraction of sp³-hybridized carbons (Fsp3) is 0.471. The van der Waals surface area contributed by atoms with Gasteiger partial charge in [-0.1, -0.05) is 26.0 Å². The molecule has 9 heteroatoms. The van der Waals surface area contributed by atoms with Crippen molar-refractivity contribution in [3.63, 3.8) is 0 Å². The maximum atomic E-state index is 12.5. The van der Waals surface area contributed by atoms with Gasteiger partial charge in [0.15, 0.2) is 5.92 Å². The van der Waals surface area contributed by atoms with Crippen molar-refractivity contribution in [1.82, 2.24) is 5.32 Å². The van der Waals surface area contributed by atoms with E-state index < -0.39 is 27.8 Å². The number of benzene rings is 1. The van der Waals surface area contributed by atoms with Crippen LogP contribution >= 0.6 is 0 Å². The first kappa shape index (κ1) is 19.9.